The molecular weight excluding hydrogens is 308 g/mol. The number of sulfonamides is 1. The summed E-state index contributed by atoms with van der Waals surface area (Å²) in [5.74, 6) is -1.59. The Morgan fingerprint density at radius 3 is 2.55 bits per heavy atom. The average Bonchev–Trinajstić information content (AvgIpc) is 3.19. The summed E-state index contributed by atoms with van der Waals surface area (Å²) in [5, 5.41) is 11.5. The first kappa shape index (κ1) is 16.3. The Labute approximate surface area is 128 Å². The number of carboxylic acids is 1. The average molecular weight is 326 g/mol. The van der Waals surface area contributed by atoms with E-state index in [4.69, 9.17) is 5.11 Å². The molecule has 22 heavy (non-hydrogen) atoms. The van der Waals surface area contributed by atoms with Crippen molar-refractivity contribution in [2.75, 3.05) is 10.5 Å². The molecule has 1 aromatic rings. The van der Waals surface area contributed by atoms with E-state index >= 15 is 0 Å². The van der Waals surface area contributed by atoms with Crippen LogP contribution in [0.3, 0.4) is 0 Å². The molecule has 0 spiro atoms. The number of hydrogen-bond donors (Lipinski definition) is 3. The molecule has 1 saturated carbocycles. The normalized spacial score (nSPS) is 15.9. The van der Waals surface area contributed by atoms with Crippen LogP contribution in [0.5, 0.6) is 0 Å². The van der Waals surface area contributed by atoms with Gasteiger partial charge in [0.1, 0.15) is 5.54 Å². The maximum atomic E-state index is 12.1. The second-order valence-corrected chi connectivity index (χ2v) is 7.18. The van der Waals surface area contributed by atoms with E-state index in [-0.39, 0.29) is 17.0 Å². The lowest BCUT2D eigenvalue weighted by molar-refractivity contribution is -0.140. The zero-order chi connectivity index (χ0) is 16.4. The van der Waals surface area contributed by atoms with Gasteiger partial charge < -0.3 is 10.4 Å². The highest BCUT2D eigenvalue weighted by Gasteiger charge is 2.51. The molecule has 1 aliphatic carbocycles. The lowest BCUT2D eigenvalue weighted by Crippen LogP contribution is -2.43. The van der Waals surface area contributed by atoms with Gasteiger partial charge in [-0.3, -0.25) is 9.52 Å². The number of nitrogens with one attached hydrogen (secondary N) is 2. The lowest BCUT2D eigenvalue weighted by atomic mass is 10.1. The second kappa shape index (κ2) is 5.96. The third kappa shape index (κ3) is 3.76. The van der Waals surface area contributed by atoms with Crippen molar-refractivity contribution in [2.45, 2.75) is 31.7 Å². The summed E-state index contributed by atoms with van der Waals surface area (Å²) in [6.45, 7) is 1.75. The molecule has 120 valence electrons. The molecule has 2 rings (SSSR count). The van der Waals surface area contributed by atoms with Crippen LogP contribution < -0.4 is 10.0 Å². The molecule has 8 heteroatoms. The zero-order valence-electron chi connectivity index (χ0n) is 12.1. The van der Waals surface area contributed by atoms with Crippen LogP contribution in [0.2, 0.25) is 0 Å². The highest BCUT2D eigenvalue weighted by molar-refractivity contribution is 7.92. The van der Waals surface area contributed by atoms with Gasteiger partial charge in [0, 0.05) is 11.3 Å². The van der Waals surface area contributed by atoms with Crippen LogP contribution in [-0.2, 0) is 14.8 Å². The molecular formula is C14H18N2O5S. The van der Waals surface area contributed by atoms with Crippen LogP contribution in [0.25, 0.3) is 0 Å². The van der Waals surface area contributed by atoms with E-state index in [1.54, 1.807) is 13.0 Å². The maximum absolute atomic E-state index is 12.1. The first-order valence-electron chi connectivity index (χ1n) is 6.94. The van der Waals surface area contributed by atoms with Crippen molar-refractivity contribution in [2.24, 2.45) is 0 Å². The zero-order valence-corrected chi connectivity index (χ0v) is 12.9. The van der Waals surface area contributed by atoms with Gasteiger partial charge in [-0.1, -0.05) is 13.0 Å². The quantitative estimate of drug-likeness (QED) is 0.696. The molecule has 0 bridgehead atoms. The van der Waals surface area contributed by atoms with Crippen molar-refractivity contribution in [3.05, 3.63) is 29.8 Å². The van der Waals surface area contributed by atoms with Gasteiger partial charge in [-0.15, -0.1) is 0 Å². The summed E-state index contributed by atoms with van der Waals surface area (Å²) in [6, 6.07) is 5.97. The molecule has 1 fully saturated rings. The molecule has 0 atom stereocenters. The number of rotatable bonds is 7. The molecule has 1 amide bonds. The minimum Gasteiger partial charge on any atom is -0.480 e. The third-order valence-electron chi connectivity index (χ3n) is 3.38. The Kier molecular flexibility index (Phi) is 4.41. The first-order chi connectivity index (χ1) is 10.3. The van der Waals surface area contributed by atoms with Gasteiger partial charge in [0.2, 0.25) is 10.0 Å². The summed E-state index contributed by atoms with van der Waals surface area (Å²) >= 11 is 0. The molecule has 0 saturated heterocycles. The number of hydrogen-bond acceptors (Lipinski definition) is 4. The maximum Gasteiger partial charge on any atom is 0.329 e. The Morgan fingerprint density at radius 2 is 2.00 bits per heavy atom. The molecule has 1 aliphatic rings. The van der Waals surface area contributed by atoms with Gasteiger partial charge >= 0.3 is 5.97 Å². The van der Waals surface area contributed by atoms with E-state index in [2.05, 4.69) is 10.0 Å². The predicted octanol–water partition coefficient (Wildman–Crippen LogP) is 1.19. The fourth-order valence-electron chi connectivity index (χ4n) is 2.03. The van der Waals surface area contributed by atoms with E-state index in [0.717, 1.165) is 0 Å². The fraction of sp³-hybridized carbons (Fsp3) is 0.429. The SMILES string of the molecule is CCCS(=O)(=O)Nc1cccc(C(=O)NC2(C(=O)O)CC2)c1. The second-order valence-electron chi connectivity index (χ2n) is 5.34. The smallest absolute Gasteiger partial charge is 0.329 e. The minimum atomic E-state index is -3.44. The molecule has 3 N–H and O–H groups in total. The number of carbonyl (C=O) groups is 2. The molecule has 0 radical (unpaired) electrons. The van der Waals surface area contributed by atoms with Crippen LogP contribution >= 0.6 is 0 Å². The highest BCUT2D eigenvalue weighted by Crippen LogP contribution is 2.35. The van der Waals surface area contributed by atoms with Gasteiger partial charge in [-0.05, 0) is 37.5 Å². The molecule has 0 heterocycles. The van der Waals surface area contributed by atoms with Crippen molar-refractivity contribution in [3.8, 4) is 0 Å². The van der Waals surface area contributed by atoms with E-state index in [9.17, 15) is 18.0 Å². The summed E-state index contributed by atoms with van der Waals surface area (Å²) in [5.41, 5.74) is -0.681. The standard InChI is InChI=1S/C14H18N2O5S/c1-2-8-22(20,21)16-11-5-3-4-10(9-11)12(17)15-14(6-7-14)13(18)19/h3-5,9,16H,2,6-8H2,1H3,(H,15,17)(H,18,19). The monoisotopic (exact) mass is 326 g/mol. The Morgan fingerprint density at radius 1 is 1.32 bits per heavy atom. The van der Waals surface area contributed by atoms with Gasteiger partial charge in [0.15, 0.2) is 0 Å². The molecule has 0 aliphatic heterocycles. The molecule has 7 nitrogen and oxygen atoms in total. The molecule has 0 aromatic heterocycles. The number of anilines is 1. The van der Waals surface area contributed by atoms with Gasteiger partial charge in [-0.2, -0.15) is 0 Å². The number of carbonyl (C=O) groups excluding carboxylic acids is 1. The first-order valence-corrected chi connectivity index (χ1v) is 8.60. The summed E-state index contributed by atoms with van der Waals surface area (Å²) < 4.78 is 25.8. The lowest BCUT2D eigenvalue weighted by Gasteiger charge is -2.13. The van der Waals surface area contributed by atoms with E-state index in [0.29, 0.717) is 19.3 Å². The van der Waals surface area contributed by atoms with E-state index in [1.165, 1.54) is 18.2 Å². The molecule has 0 unspecified atom stereocenters. The Bertz CT molecular complexity index is 695. The van der Waals surface area contributed by atoms with Crippen LogP contribution in [0.4, 0.5) is 5.69 Å². The fourth-order valence-corrected chi connectivity index (χ4v) is 3.16. The third-order valence-corrected chi connectivity index (χ3v) is 4.88. The van der Waals surface area contributed by atoms with Gasteiger partial charge in [0.05, 0.1) is 5.75 Å². The van der Waals surface area contributed by atoms with E-state index in [1.807, 2.05) is 0 Å². The summed E-state index contributed by atoms with van der Waals surface area (Å²) in [6.07, 6.45) is 1.28. The van der Waals surface area contributed by atoms with Crippen molar-refractivity contribution in [1.82, 2.24) is 5.32 Å². The van der Waals surface area contributed by atoms with Crippen molar-refractivity contribution in [1.29, 1.82) is 0 Å². The minimum absolute atomic E-state index is 0.00838. The van der Waals surface area contributed by atoms with Crippen LogP contribution in [0.1, 0.15) is 36.5 Å². The summed E-state index contributed by atoms with van der Waals surface area (Å²) in [7, 11) is -3.44. The highest BCUT2D eigenvalue weighted by atomic mass is 32.2. The van der Waals surface area contributed by atoms with Crippen LogP contribution in [0, 0.1) is 0 Å². The van der Waals surface area contributed by atoms with Crippen LogP contribution in [-0.4, -0.2) is 36.7 Å². The van der Waals surface area contributed by atoms with Crippen LogP contribution in [0.15, 0.2) is 24.3 Å². The van der Waals surface area contributed by atoms with Crippen molar-refractivity contribution in [3.63, 3.8) is 0 Å². The van der Waals surface area contributed by atoms with Crippen molar-refractivity contribution >= 4 is 27.6 Å². The topological polar surface area (TPSA) is 113 Å². The number of amides is 1. The summed E-state index contributed by atoms with van der Waals surface area (Å²) in [4.78, 5) is 23.2. The predicted molar refractivity (Wildman–Crippen MR) is 81.2 cm³/mol. The number of aliphatic carboxylic acids is 1. The van der Waals surface area contributed by atoms with Crippen molar-refractivity contribution < 1.29 is 23.1 Å². The van der Waals surface area contributed by atoms with E-state index < -0.39 is 27.4 Å². The Hall–Kier alpha value is -2.09. The number of benzene rings is 1. The molecule has 1 aromatic carbocycles. The largest absolute Gasteiger partial charge is 0.480 e. The number of carboxylic acid groups (broad SMARTS) is 1. The Balaban J connectivity index is 2.11. The van der Waals surface area contributed by atoms with Gasteiger partial charge in [-0.25, -0.2) is 13.2 Å². The van der Waals surface area contributed by atoms with Gasteiger partial charge in [0.25, 0.3) is 5.91 Å².